The van der Waals surface area contributed by atoms with Gasteiger partial charge in [0.1, 0.15) is 5.60 Å². The molecule has 4 aliphatic rings. The van der Waals surface area contributed by atoms with Gasteiger partial charge in [0.2, 0.25) is 0 Å². The number of ether oxygens (including phenoxy) is 2. The highest BCUT2D eigenvalue weighted by Gasteiger charge is 2.54. The fourth-order valence-electron chi connectivity index (χ4n) is 6.06. The molecule has 0 aromatic heterocycles. The van der Waals surface area contributed by atoms with Crippen LogP contribution in [0.3, 0.4) is 0 Å². The minimum absolute atomic E-state index is 0.0396. The monoisotopic (exact) mass is 433 g/mol. The largest absolute Gasteiger partial charge is 0.456 e. The van der Waals surface area contributed by atoms with Crippen molar-refractivity contribution in [2.75, 3.05) is 19.7 Å². The summed E-state index contributed by atoms with van der Waals surface area (Å²) in [7, 11) is 0. The molecule has 0 saturated heterocycles. The average molecular weight is 434 g/mol. The zero-order chi connectivity index (χ0) is 22.6. The van der Waals surface area contributed by atoms with E-state index >= 15 is 0 Å². The van der Waals surface area contributed by atoms with Crippen molar-refractivity contribution in [2.24, 2.45) is 17.8 Å². The Bertz CT molecular complexity index is 701. The molecule has 4 saturated carbocycles. The standard InChI is InChI=1S/C23H35N3O5/c1-22(2,3)31-21(29)25-7-5-20(28)30-15-19(27)26(8-4-6-24)23-12-16-9-17(13-23)11-18(10-16)14-23/h16-18H,4-5,7-15H2,1-3H3,(H,25,29). The summed E-state index contributed by atoms with van der Waals surface area (Å²) in [6.07, 6.45) is 6.44. The first-order valence-corrected chi connectivity index (χ1v) is 11.4. The summed E-state index contributed by atoms with van der Waals surface area (Å²) >= 11 is 0. The van der Waals surface area contributed by atoms with Gasteiger partial charge in [0.25, 0.3) is 5.91 Å². The van der Waals surface area contributed by atoms with Gasteiger partial charge in [-0.05, 0) is 77.0 Å². The van der Waals surface area contributed by atoms with Gasteiger partial charge in [-0.15, -0.1) is 0 Å². The molecule has 0 unspecified atom stereocenters. The van der Waals surface area contributed by atoms with E-state index < -0.39 is 17.7 Å². The zero-order valence-corrected chi connectivity index (χ0v) is 18.9. The number of nitriles is 1. The number of amides is 2. The third-order valence-corrected chi connectivity index (χ3v) is 6.68. The van der Waals surface area contributed by atoms with E-state index in [9.17, 15) is 14.4 Å². The highest BCUT2D eigenvalue weighted by atomic mass is 16.6. The molecule has 1 N–H and O–H groups in total. The van der Waals surface area contributed by atoms with E-state index in [4.69, 9.17) is 14.7 Å². The van der Waals surface area contributed by atoms with Crippen LogP contribution in [-0.4, -0.2) is 53.7 Å². The number of rotatable bonds is 8. The Balaban J connectivity index is 1.49. The maximum atomic E-state index is 13.1. The number of hydrogen-bond acceptors (Lipinski definition) is 6. The molecule has 31 heavy (non-hydrogen) atoms. The number of esters is 1. The lowest BCUT2D eigenvalue weighted by Gasteiger charge is -2.60. The van der Waals surface area contributed by atoms with Crippen molar-refractivity contribution >= 4 is 18.0 Å². The van der Waals surface area contributed by atoms with Crippen molar-refractivity contribution in [3.8, 4) is 6.07 Å². The second-order valence-corrected chi connectivity index (χ2v) is 10.4. The van der Waals surface area contributed by atoms with Crippen LogP contribution in [0.5, 0.6) is 0 Å². The van der Waals surface area contributed by atoms with Gasteiger partial charge < -0.3 is 19.7 Å². The molecule has 0 aromatic carbocycles. The van der Waals surface area contributed by atoms with Gasteiger partial charge >= 0.3 is 12.1 Å². The number of hydrogen-bond donors (Lipinski definition) is 1. The third-order valence-electron chi connectivity index (χ3n) is 6.68. The van der Waals surface area contributed by atoms with Gasteiger partial charge in [-0.1, -0.05) is 0 Å². The van der Waals surface area contributed by atoms with Crippen LogP contribution in [0, 0.1) is 29.1 Å². The molecule has 2 amide bonds. The number of nitrogens with zero attached hydrogens (tertiary/aromatic N) is 2. The second-order valence-electron chi connectivity index (χ2n) is 10.4. The average Bonchev–Trinajstić information content (AvgIpc) is 2.64. The minimum atomic E-state index is -0.610. The van der Waals surface area contributed by atoms with E-state index in [0.29, 0.717) is 24.3 Å². The normalized spacial score (nSPS) is 28.5. The first-order valence-electron chi connectivity index (χ1n) is 11.4. The van der Waals surface area contributed by atoms with Crippen LogP contribution in [0.2, 0.25) is 0 Å². The van der Waals surface area contributed by atoms with Crippen LogP contribution in [0.15, 0.2) is 0 Å². The molecule has 0 atom stereocenters. The highest BCUT2D eigenvalue weighted by molar-refractivity contribution is 5.81. The molecule has 8 nitrogen and oxygen atoms in total. The molecule has 172 valence electrons. The van der Waals surface area contributed by atoms with E-state index in [2.05, 4.69) is 11.4 Å². The molecular weight excluding hydrogens is 398 g/mol. The molecule has 4 bridgehead atoms. The molecular formula is C23H35N3O5. The Morgan fingerprint density at radius 1 is 1.10 bits per heavy atom. The summed E-state index contributed by atoms with van der Waals surface area (Å²) in [6.45, 7) is 5.42. The Hall–Kier alpha value is -2.30. The molecule has 0 heterocycles. The highest BCUT2D eigenvalue weighted by Crippen LogP contribution is 2.57. The molecule has 0 radical (unpaired) electrons. The summed E-state index contributed by atoms with van der Waals surface area (Å²) in [5.74, 6) is 1.25. The summed E-state index contributed by atoms with van der Waals surface area (Å²) in [5, 5.41) is 11.6. The van der Waals surface area contributed by atoms with E-state index in [1.807, 2.05) is 4.90 Å². The summed E-state index contributed by atoms with van der Waals surface area (Å²) in [6, 6.07) is 2.15. The molecule has 4 aliphatic carbocycles. The predicted octanol–water partition coefficient (Wildman–Crippen LogP) is 3.16. The van der Waals surface area contributed by atoms with Crippen LogP contribution < -0.4 is 5.32 Å². The lowest BCUT2D eigenvalue weighted by Crippen LogP contribution is -2.62. The Morgan fingerprint density at radius 2 is 1.68 bits per heavy atom. The fraction of sp³-hybridized carbons (Fsp3) is 0.826. The zero-order valence-electron chi connectivity index (χ0n) is 18.9. The Morgan fingerprint density at radius 3 is 2.19 bits per heavy atom. The van der Waals surface area contributed by atoms with Crippen LogP contribution in [0.1, 0.15) is 72.1 Å². The number of carbonyl (C=O) groups is 3. The van der Waals surface area contributed by atoms with Gasteiger partial charge in [-0.2, -0.15) is 5.26 Å². The molecule has 8 heteroatoms. The Labute approximate surface area is 184 Å². The van der Waals surface area contributed by atoms with Gasteiger partial charge in [0, 0.05) is 18.6 Å². The molecule has 0 aromatic rings. The third kappa shape index (κ3) is 6.11. The smallest absolute Gasteiger partial charge is 0.407 e. The van der Waals surface area contributed by atoms with Gasteiger partial charge in [-0.3, -0.25) is 9.59 Å². The summed E-state index contributed by atoms with van der Waals surface area (Å²) < 4.78 is 10.3. The SMILES string of the molecule is CC(C)(C)OC(=O)NCCC(=O)OCC(=O)N(CCC#N)C12CC3CC(CC(C3)C1)C2. The van der Waals surface area contributed by atoms with E-state index in [1.54, 1.807) is 20.8 Å². The van der Waals surface area contributed by atoms with E-state index in [1.165, 1.54) is 19.3 Å². The van der Waals surface area contributed by atoms with Crippen molar-refractivity contribution < 1.29 is 23.9 Å². The van der Waals surface area contributed by atoms with Gasteiger partial charge in [0.15, 0.2) is 6.61 Å². The van der Waals surface area contributed by atoms with E-state index in [-0.39, 0.29) is 37.4 Å². The van der Waals surface area contributed by atoms with Crippen LogP contribution >= 0.6 is 0 Å². The number of carbonyl (C=O) groups excluding carboxylic acids is 3. The quantitative estimate of drug-likeness (QED) is 0.589. The maximum Gasteiger partial charge on any atom is 0.407 e. The summed E-state index contributed by atoms with van der Waals surface area (Å²) in [4.78, 5) is 38.6. The lowest BCUT2D eigenvalue weighted by molar-refractivity contribution is -0.162. The number of alkyl carbamates (subject to hydrolysis) is 1. The van der Waals surface area contributed by atoms with Crippen molar-refractivity contribution in [3.05, 3.63) is 0 Å². The van der Waals surface area contributed by atoms with Crippen LogP contribution in [-0.2, 0) is 19.1 Å². The molecule has 4 rings (SSSR count). The first kappa shape index (κ1) is 23.4. The van der Waals surface area contributed by atoms with E-state index in [0.717, 1.165) is 19.3 Å². The van der Waals surface area contributed by atoms with Crippen LogP contribution in [0.25, 0.3) is 0 Å². The Kier molecular flexibility index (Phi) is 7.13. The number of nitrogens with one attached hydrogen (secondary N) is 1. The second kappa shape index (κ2) is 9.46. The van der Waals surface area contributed by atoms with Gasteiger partial charge in [0.05, 0.1) is 18.9 Å². The maximum absolute atomic E-state index is 13.1. The summed E-state index contributed by atoms with van der Waals surface area (Å²) in [5.41, 5.74) is -0.783. The van der Waals surface area contributed by atoms with Crippen molar-refractivity contribution in [3.63, 3.8) is 0 Å². The predicted molar refractivity (Wildman–Crippen MR) is 113 cm³/mol. The lowest BCUT2D eigenvalue weighted by atomic mass is 9.52. The minimum Gasteiger partial charge on any atom is -0.456 e. The fourth-order valence-corrected chi connectivity index (χ4v) is 6.06. The topological polar surface area (TPSA) is 109 Å². The molecule has 0 aliphatic heterocycles. The van der Waals surface area contributed by atoms with Gasteiger partial charge in [-0.25, -0.2) is 4.79 Å². The van der Waals surface area contributed by atoms with Crippen molar-refractivity contribution in [2.45, 2.75) is 83.3 Å². The van der Waals surface area contributed by atoms with Crippen molar-refractivity contribution in [1.29, 1.82) is 5.26 Å². The first-order chi connectivity index (χ1) is 14.6. The molecule has 4 fully saturated rings. The molecule has 0 spiro atoms. The van der Waals surface area contributed by atoms with Crippen molar-refractivity contribution in [1.82, 2.24) is 10.2 Å². The van der Waals surface area contributed by atoms with Crippen LogP contribution in [0.4, 0.5) is 4.79 Å².